The van der Waals surface area contributed by atoms with Crippen molar-refractivity contribution in [1.82, 2.24) is 10.3 Å². The highest BCUT2D eigenvalue weighted by atomic mass is 32.2. The van der Waals surface area contributed by atoms with Crippen LogP contribution in [0, 0.1) is 0 Å². The number of nitrogens with zero attached hydrogens (tertiary/aromatic N) is 1. The zero-order chi connectivity index (χ0) is 17.9. The first-order chi connectivity index (χ1) is 11.9. The highest BCUT2D eigenvalue weighted by Crippen LogP contribution is 2.21. The molecule has 2 aromatic carbocycles. The third kappa shape index (κ3) is 4.87. The predicted molar refractivity (Wildman–Crippen MR) is 101 cm³/mol. The molecule has 1 heterocycles. The first-order valence-electron chi connectivity index (χ1n) is 7.80. The van der Waals surface area contributed by atoms with Crippen LogP contribution < -0.4 is 5.32 Å². The van der Waals surface area contributed by atoms with Crippen LogP contribution in [-0.4, -0.2) is 32.1 Å². The van der Waals surface area contributed by atoms with Crippen LogP contribution in [0.1, 0.15) is 20.9 Å². The standard InChI is InChI=1S/C18H18N2O3S2/c1-25(22,23)12-13-6-8-14(9-7-13)18(21)19-11-10-17-20-15-4-2-3-5-16(15)24-17/h2-9H,10-12H2,1H3,(H,19,21). The summed E-state index contributed by atoms with van der Waals surface area (Å²) in [6, 6.07) is 14.6. The quantitative estimate of drug-likeness (QED) is 0.720. The Balaban J connectivity index is 1.55. The number of hydrogen-bond donors (Lipinski definition) is 1. The Kier molecular flexibility index (Phi) is 5.15. The maximum Gasteiger partial charge on any atom is 0.251 e. The van der Waals surface area contributed by atoms with Gasteiger partial charge in [0.05, 0.1) is 21.0 Å². The average Bonchev–Trinajstić information content (AvgIpc) is 2.96. The van der Waals surface area contributed by atoms with E-state index in [1.807, 2.05) is 24.3 Å². The van der Waals surface area contributed by atoms with Gasteiger partial charge in [0.2, 0.25) is 0 Å². The van der Waals surface area contributed by atoms with E-state index in [-0.39, 0.29) is 11.7 Å². The summed E-state index contributed by atoms with van der Waals surface area (Å²) < 4.78 is 23.7. The largest absolute Gasteiger partial charge is 0.352 e. The van der Waals surface area contributed by atoms with Crippen molar-refractivity contribution in [3.05, 3.63) is 64.7 Å². The molecule has 0 spiro atoms. The van der Waals surface area contributed by atoms with Crippen molar-refractivity contribution in [3.63, 3.8) is 0 Å². The smallest absolute Gasteiger partial charge is 0.251 e. The molecule has 0 bridgehead atoms. The molecule has 0 atom stereocenters. The lowest BCUT2D eigenvalue weighted by molar-refractivity contribution is 0.0954. The summed E-state index contributed by atoms with van der Waals surface area (Å²) in [5, 5.41) is 3.86. The van der Waals surface area contributed by atoms with E-state index in [9.17, 15) is 13.2 Å². The molecular weight excluding hydrogens is 356 g/mol. The van der Waals surface area contributed by atoms with Gasteiger partial charge in [-0.25, -0.2) is 13.4 Å². The highest BCUT2D eigenvalue weighted by molar-refractivity contribution is 7.89. The molecule has 0 saturated carbocycles. The van der Waals surface area contributed by atoms with Crippen molar-refractivity contribution in [3.8, 4) is 0 Å². The molecule has 130 valence electrons. The molecule has 7 heteroatoms. The number of rotatable bonds is 6. The third-order valence-electron chi connectivity index (χ3n) is 3.61. The van der Waals surface area contributed by atoms with Gasteiger partial charge in [-0.05, 0) is 29.8 Å². The van der Waals surface area contributed by atoms with E-state index in [1.165, 1.54) is 6.26 Å². The Morgan fingerprint density at radius 2 is 1.84 bits per heavy atom. The number of para-hydroxylation sites is 1. The van der Waals surface area contributed by atoms with E-state index in [0.717, 1.165) is 15.2 Å². The fourth-order valence-electron chi connectivity index (χ4n) is 2.47. The Morgan fingerprint density at radius 3 is 2.52 bits per heavy atom. The zero-order valence-corrected chi connectivity index (χ0v) is 15.4. The van der Waals surface area contributed by atoms with Crippen molar-refractivity contribution in [2.45, 2.75) is 12.2 Å². The van der Waals surface area contributed by atoms with Gasteiger partial charge in [-0.15, -0.1) is 11.3 Å². The highest BCUT2D eigenvalue weighted by Gasteiger charge is 2.09. The molecule has 0 aliphatic carbocycles. The SMILES string of the molecule is CS(=O)(=O)Cc1ccc(C(=O)NCCc2nc3ccccc3s2)cc1. The summed E-state index contributed by atoms with van der Waals surface area (Å²) in [5.74, 6) is -0.195. The van der Waals surface area contributed by atoms with Crippen molar-refractivity contribution in [2.75, 3.05) is 12.8 Å². The first kappa shape index (κ1) is 17.6. The second-order valence-electron chi connectivity index (χ2n) is 5.85. The maximum absolute atomic E-state index is 12.2. The Labute approximate surface area is 150 Å². The number of aromatic nitrogens is 1. The molecule has 1 N–H and O–H groups in total. The summed E-state index contributed by atoms with van der Waals surface area (Å²) in [6.07, 6.45) is 1.87. The van der Waals surface area contributed by atoms with Crippen LogP contribution in [0.4, 0.5) is 0 Å². The van der Waals surface area contributed by atoms with Crippen LogP contribution in [0.5, 0.6) is 0 Å². The van der Waals surface area contributed by atoms with Gasteiger partial charge in [-0.3, -0.25) is 4.79 Å². The van der Waals surface area contributed by atoms with Crippen LogP contribution in [0.3, 0.4) is 0 Å². The molecule has 0 aliphatic rings. The van der Waals surface area contributed by atoms with Gasteiger partial charge in [0, 0.05) is 24.8 Å². The van der Waals surface area contributed by atoms with Crippen LogP contribution in [0.2, 0.25) is 0 Å². The molecule has 0 fully saturated rings. The molecule has 0 radical (unpaired) electrons. The number of thiazole rings is 1. The second-order valence-corrected chi connectivity index (χ2v) is 9.10. The number of benzene rings is 2. The minimum Gasteiger partial charge on any atom is -0.352 e. The fourth-order valence-corrected chi connectivity index (χ4v) is 4.23. The van der Waals surface area contributed by atoms with Crippen LogP contribution in [-0.2, 0) is 22.0 Å². The number of nitrogens with one attached hydrogen (secondary N) is 1. The van der Waals surface area contributed by atoms with E-state index in [4.69, 9.17) is 0 Å². The van der Waals surface area contributed by atoms with E-state index in [1.54, 1.807) is 35.6 Å². The van der Waals surface area contributed by atoms with E-state index in [0.29, 0.717) is 24.1 Å². The first-order valence-corrected chi connectivity index (χ1v) is 10.7. The van der Waals surface area contributed by atoms with Gasteiger partial charge in [0.15, 0.2) is 9.84 Å². The van der Waals surface area contributed by atoms with E-state index < -0.39 is 9.84 Å². The van der Waals surface area contributed by atoms with Gasteiger partial charge in [0.1, 0.15) is 0 Å². The normalized spacial score (nSPS) is 11.6. The lowest BCUT2D eigenvalue weighted by Crippen LogP contribution is -2.25. The molecule has 25 heavy (non-hydrogen) atoms. The molecule has 5 nitrogen and oxygen atoms in total. The van der Waals surface area contributed by atoms with Crippen molar-refractivity contribution >= 4 is 37.3 Å². The van der Waals surface area contributed by atoms with Gasteiger partial charge < -0.3 is 5.32 Å². The molecule has 1 aromatic heterocycles. The van der Waals surface area contributed by atoms with Crippen molar-refractivity contribution in [1.29, 1.82) is 0 Å². The lowest BCUT2D eigenvalue weighted by atomic mass is 10.1. The van der Waals surface area contributed by atoms with Crippen molar-refractivity contribution in [2.24, 2.45) is 0 Å². The molecule has 0 unspecified atom stereocenters. The van der Waals surface area contributed by atoms with Gasteiger partial charge in [-0.2, -0.15) is 0 Å². The van der Waals surface area contributed by atoms with Crippen LogP contribution >= 0.6 is 11.3 Å². The summed E-state index contributed by atoms with van der Waals surface area (Å²) >= 11 is 1.63. The zero-order valence-electron chi connectivity index (χ0n) is 13.7. The van der Waals surface area contributed by atoms with E-state index in [2.05, 4.69) is 10.3 Å². The summed E-state index contributed by atoms with van der Waals surface area (Å²) in [6.45, 7) is 0.504. The number of fused-ring (bicyclic) bond motifs is 1. The van der Waals surface area contributed by atoms with E-state index >= 15 is 0 Å². The average molecular weight is 374 g/mol. The third-order valence-corrected chi connectivity index (χ3v) is 5.56. The summed E-state index contributed by atoms with van der Waals surface area (Å²) in [4.78, 5) is 16.7. The topological polar surface area (TPSA) is 76.1 Å². The second kappa shape index (κ2) is 7.33. The van der Waals surface area contributed by atoms with Gasteiger partial charge in [-0.1, -0.05) is 24.3 Å². The Morgan fingerprint density at radius 1 is 1.12 bits per heavy atom. The fraction of sp³-hybridized carbons (Fsp3) is 0.222. The number of sulfone groups is 1. The summed E-state index contributed by atoms with van der Waals surface area (Å²) in [7, 11) is -3.07. The van der Waals surface area contributed by atoms with Crippen LogP contribution in [0.25, 0.3) is 10.2 Å². The van der Waals surface area contributed by atoms with Gasteiger partial charge in [0.25, 0.3) is 5.91 Å². The Hall–Kier alpha value is -2.25. The number of hydrogen-bond acceptors (Lipinski definition) is 5. The van der Waals surface area contributed by atoms with Crippen LogP contribution in [0.15, 0.2) is 48.5 Å². The minimum atomic E-state index is -3.07. The number of carbonyl (C=O) groups is 1. The number of carbonyl (C=O) groups excluding carboxylic acids is 1. The molecular formula is C18H18N2O3S2. The molecule has 0 saturated heterocycles. The van der Waals surface area contributed by atoms with Crippen molar-refractivity contribution < 1.29 is 13.2 Å². The molecule has 3 rings (SSSR count). The minimum absolute atomic E-state index is 0.0213. The molecule has 0 aliphatic heterocycles. The maximum atomic E-state index is 12.2. The lowest BCUT2D eigenvalue weighted by Gasteiger charge is -2.05. The molecule has 1 amide bonds. The Bertz CT molecular complexity index is 960. The summed E-state index contributed by atoms with van der Waals surface area (Å²) in [5.41, 5.74) is 2.17. The molecule has 3 aromatic rings. The van der Waals surface area contributed by atoms with Gasteiger partial charge >= 0.3 is 0 Å². The number of amides is 1. The predicted octanol–water partition coefficient (Wildman–Crippen LogP) is 2.81. The monoisotopic (exact) mass is 374 g/mol.